The van der Waals surface area contributed by atoms with Crippen molar-refractivity contribution in [3.63, 3.8) is 0 Å². The van der Waals surface area contributed by atoms with Crippen LogP contribution in [0.15, 0.2) is 84.9 Å². The Morgan fingerprint density at radius 2 is 0.725 bits per heavy atom. The van der Waals surface area contributed by atoms with Gasteiger partial charge >= 0.3 is 0 Å². The summed E-state index contributed by atoms with van der Waals surface area (Å²) in [4.78, 5) is 7.54. The van der Waals surface area contributed by atoms with E-state index in [9.17, 15) is 0 Å². The van der Waals surface area contributed by atoms with Crippen molar-refractivity contribution >= 4 is 34.0 Å². The fourth-order valence-corrected chi connectivity index (χ4v) is 7.50. The number of thiophene rings is 3. The van der Waals surface area contributed by atoms with Crippen LogP contribution in [-0.4, -0.2) is 52.9 Å². The molecule has 1 aliphatic heterocycles. The van der Waals surface area contributed by atoms with Gasteiger partial charge in [0.05, 0.1) is 39.6 Å². The highest BCUT2D eigenvalue weighted by Gasteiger charge is 2.12. The summed E-state index contributed by atoms with van der Waals surface area (Å²) in [6.45, 7) is 4.11. The van der Waals surface area contributed by atoms with E-state index < -0.39 is 0 Å². The Morgan fingerprint density at radius 1 is 0.375 bits per heavy atom. The van der Waals surface area contributed by atoms with E-state index in [1.165, 1.54) is 29.3 Å². The molecule has 3 aromatic heterocycles. The molecule has 5 aromatic rings. The summed E-state index contributed by atoms with van der Waals surface area (Å²) in [6.07, 6.45) is 0. The molecule has 5 nitrogen and oxygen atoms in total. The lowest BCUT2D eigenvalue weighted by atomic mass is 10.2. The van der Waals surface area contributed by atoms with Gasteiger partial charge in [-0.3, -0.25) is 0 Å². The molecule has 0 saturated carbocycles. The minimum atomic E-state index is 0.494. The van der Waals surface area contributed by atoms with Crippen LogP contribution in [0.2, 0.25) is 0 Å². The molecule has 1 aliphatic rings. The fraction of sp³-hybridized carbons (Fsp3) is 0.250. The molecular weight excluding hydrogens is 561 g/mol. The highest BCUT2D eigenvalue weighted by Crippen LogP contribution is 2.43. The predicted molar refractivity (Wildman–Crippen MR) is 165 cm³/mol. The predicted octanol–water partition coefficient (Wildman–Crippen LogP) is 8.36. The van der Waals surface area contributed by atoms with Crippen LogP contribution < -0.4 is 9.47 Å². The number of hydrogen-bond acceptors (Lipinski definition) is 8. The van der Waals surface area contributed by atoms with E-state index in [-0.39, 0.29) is 0 Å². The maximum atomic E-state index is 5.94. The number of benzene rings is 2. The van der Waals surface area contributed by atoms with Crippen molar-refractivity contribution in [2.45, 2.75) is 0 Å². The normalized spacial score (nSPS) is 15.3. The zero-order chi connectivity index (χ0) is 27.0. The second-order valence-corrected chi connectivity index (χ2v) is 12.3. The van der Waals surface area contributed by atoms with Gasteiger partial charge in [-0.15, -0.1) is 34.0 Å². The van der Waals surface area contributed by atoms with E-state index in [4.69, 9.17) is 23.7 Å². The molecule has 0 amide bonds. The van der Waals surface area contributed by atoms with Gasteiger partial charge in [0.15, 0.2) is 0 Å². The van der Waals surface area contributed by atoms with E-state index in [2.05, 4.69) is 60.7 Å². The second kappa shape index (κ2) is 13.6. The molecule has 0 saturated heterocycles. The van der Waals surface area contributed by atoms with Crippen LogP contribution in [-0.2, 0) is 14.2 Å². The van der Waals surface area contributed by atoms with Crippen LogP contribution in [0.3, 0.4) is 0 Å². The maximum Gasteiger partial charge on any atom is 0.120 e. The van der Waals surface area contributed by atoms with E-state index >= 15 is 0 Å². The molecule has 0 N–H and O–H groups in total. The highest BCUT2D eigenvalue weighted by atomic mass is 32.1. The molecule has 8 heteroatoms. The maximum absolute atomic E-state index is 5.94. The molecular formula is C32H30O5S3. The van der Waals surface area contributed by atoms with Crippen molar-refractivity contribution in [3.05, 3.63) is 84.9 Å². The van der Waals surface area contributed by atoms with Gasteiger partial charge in [-0.25, -0.2) is 0 Å². The Hall–Kier alpha value is -2.98. The Balaban J connectivity index is 1.21. The SMILES string of the molecule is c1cc2cc(c1)-c1ccc(s1)-c1ccc(s1)-c1ccc(s1)-c1cccc(c1)OCCOCCOCCOCCO2. The number of hydrogen-bond donors (Lipinski definition) is 0. The Kier molecular flexibility index (Phi) is 9.24. The number of fused-ring (bicyclic) bond motifs is 14. The van der Waals surface area contributed by atoms with Crippen LogP contribution >= 0.6 is 34.0 Å². The highest BCUT2D eigenvalue weighted by molar-refractivity contribution is 7.27. The van der Waals surface area contributed by atoms with Gasteiger partial charge in [0, 0.05) is 29.3 Å². The van der Waals surface area contributed by atoms with E-state index in [0.29, 0.717) is 52.9 Å². The quantitative estimate of drug-likeness (QED) is 0.181. The lowest BCUT2D eigenvalue weighted by molar-refractivity contribution is 0.00499. The standard InChI is InChI=1S/C32H30O5S3/c1-3-23-21-25(5-1)36-19-17-34-15-13-33-14-16-35-18-20-37-26-6-2-4-24(22-26)28-8-10-30(39-28)32-12-11-31(40-32)29-9-7-27(23)38-29/h1-12,21-22H,13-20H2. The molecule has 0 atom stereocenters. The van der Waals surface area contributed by atoms with Crippen molar-refractivity contribution in [1.82, 2.24) is 0 Å². The minimum absolute atomic E-state index is 0.494. The molecule has 6 rings (SSSR count). The van der Waals surface area contributed by atoms with Crippen LogP contribution in [0.1, 0.15) is 0 Å². The van der Waals surface area contributed by atoms with Gasteiger partial charge in [-0.05, 0) is 71.8 Å². The van der Waals surface area contributed by atoms with Gasteiger partial charge in [0.1, 0.15) is 24.7 Å². The summed E-state index contributed by atoms with van der Waals surface area (Å²) >= 11 is 5.45. The smallest absolute Gasteiger partial charge is 0.120 e. The summed E-state index contributed by atoms with van der Waals surface area (Å²) in [5, 5.41) is 0. The summed E-state index contributed by atoms with van der Waals surface area (Å²) in [7, 11) is 0. The molecule has 40 heavy (non-hydrogen) atoms. The van der Waals surface area contributed by atoms with Crippen LogP contribution in [0, 0.1) is 0 Å². The van der Waals surface area contributed by atoms with Gasteiger partial charge in [-0.2, -0.15) is 0 Å². The Labute approximate surface area is 246 Å². The molecule has 0 aliphatic carbocycles. The molecule has 0 fully saturated rings. The molecule has 2 aromatic carbocycles. The molecule has 206 valence electrons. The first-order chi connectivity index (χ1) is 19.8. The topological polar surface area (TPSA) is 46.2 Å². The van der Waals surface area contributed by atoms with E-state index in [1.54, 1.807) is 0 Å². The Bertz CT molecular complexity index is 1410. The zero-order valence-corrected chi connectivity index (χ0v) is 24.5. The third-order valence-electron chi connectivity index (χ3n) is 6.28. The zero-order valence-electron chi connectivity index (χ0n) is 22.0. The van der Waals surface area contributed by atoms with E-state index in [0.717, 1.165) is 22.6 Å². The second-order valence-electron chi connectivity index (χ2n) is 9.08. The van der Waals surface area contributed by atoms with Crippen molar-refractivity contribution < 1.29 is 23.7 Å². The first kappa shape index (κ1) is 27.2. The average Bonchev–Trinajstić information content (AvgIpc) is 3.76. The van der Waals surface area contributed by atoms with Crippen molar-refractivity contribution in [2.75, 3.05) is 52.9 Å². The van der Waals surface area contributed by atoms with Gasteiger partial charge < -0.3 is 23.7 Å². The minimum Gasteiger partial charge on any atom is -0.491 e. The Morgan fingerprint density at radius 3 is 1.15 bits per heavy atom. The summed E-state index contributed by atoms with van der Waals surface area (Å²) in [6, 6.07) is 29.8. The molecule has 0 radical (unpaired) electrons. The van der Waals surface area contributed by atoms with Crippen LogP contribution in [0.4, 0.5) is 0 Å². The lowest BCUT2D eigenvalue weighted by Crippen LogP contribution is -2.14. The third kappa shape index (κ3) is 7.01. The van der Waals surface area contributed by atoms with Crippen molar-refractivity contribution in [3.8, 4) is 51.9 Å². The molecule has 0 unspecified atom stereocenters. The first-order valence-electron chi connectivity index (χ1n) is 13.3. The summed E-state index contributed by atoms with van der Waals surface area (Å²) in [5.74, 6) is 1.69. The number of ether oxygens (including phenoxy) is 5. The van der Waals surface area contributed by atoms with Gasteiger partial charge in [-0.1, -0.05) is 24.3 Å². The third-order valence-corrected chi connectivity index (χ3v) is 10.0. The number of rotatable bonds is 0. The van der Waals surface area contributed by atoms with Gasteiger partial charge in [0.25, 0.3) is 0 Å². The van der Waals surface area contributed by atoms with Crippen LogP contribution in [0.25, 0.3) is 40.4 Å². The monoisotopic (exact) mass is 590 g/mol. The first-order valence-corrected chi connectivity index (χ1v) is 15.8. The van der Waals surface area contributed by atoms with Crippen molar-refractivity contribution in [1.29, 1.82) is 0 Å². The van der Waals surface area contributed by atoms with E-state index in [1.807, 2.05) is 58.3 Å². The summed E-state index contributed by atoms with van der Waals surface area (Å²) in [5.41, 5.74) is 2.31. The molecule has 4 heterocycles. The average molecular weight is 591 g/mol. The summed E-state index contributed by atoms with van der Waals surface area (Å²) < 4.78 is 28.8. The van der Waals surface area contributed by atoms with Crippen molar-refractivity contribution in [2.24, 2.45) is 0 Å². The van der Waals surface area contributed by atoms with Gasteiger partial charge in [0.2, 0.25) is 0 Å². The molecule has 10 bridgehead atoms. The largest absolute Gasteiger partial charge is 0.491 e. The van der Waals surface area contributed by atoms with Crippen LogP contribution in [0.5, 0.6) is 11.5 Å². The lowest BCUT2D eigenvalue weighted by Gasteiger charge is -2.10. The molecule has 0 spiro atoms. The fourth-order valence-electron chi connectivity index (χ4n) is 4.31.